The molecule has 0 unspecified atom stereocenters. The van der Waals surface area contributed by atoms with Crippen LogP contribution in [0.2, 0.25) is 0 Å². The second-order valence-electron chi connectivity index (χ2n) is 6.05. The summed E-state index contributed by atoms with van der Waals surface area (Å²) in [6.07, 6.45) is 14.1. The first kappa shape index (κ1) is 23.5. The summed E-state index contributed by atoms with van der Waals surface area (Å²) in [5.41, 5.74) is 1.13. The Morgan fingerprint density at radius 3 is 1.62 bits per heavy atom. The van der Waals surface area contributed by atoms with Crippen LogP contribution in [0.3, 0.4) is 0 Å². The molecule has 0 heterocycles. The molecule has 0 aliphatic heterocycles. The molecule has 1 aromatic rings. The summed E-state index contributed by atoms with van der Waals surface area (Å²) in [7, 11) is -4.06. The predicted octanol–water partition coefficient (Wildman–Crippen LogP) is 5.28. The van der Waals surface area contributed by atoms with Gasteiger partial charge < -0.3 is 0 Å². The molecule has 137 valence electrons. The van der Waals surface area contributed by atoms with Crippen molar-refractivity contribution < 1.29 is 34.0 Å². The molecule has 4 nitrogen and oxygen atoms in total. The van der Waals surface area contributed by atoms with Crippen LogP contribution in [0.25, 0.3) is 0 Å². The third-order valence-electron chi connectivity index (χ3n) is 4.04. The fourth-order valence-electron chi connectivity index (χ4n) is 2.64. The average molecular weight is 393 g/mol. The summed E-state index contributed by atoms with van der Waals surface area (Å²) in [6.45, 7) is 2.25. The maximum atomic E-state index is 10.9. The monoisotopic (exact) mass is 393 g/mol. The van der Waals surface area contributed by atoms with Gasteiger partial charge in [0.25, 0.3) is 10.1 Å². The van der Waals surface area contributed by atoms with Gasteiger partial charge in [-0.1, -0.05) is 76.8 Å². The Morgan fingerprint density at radius 1 is 0.792 bits per heavy atom. The molecular formula is C18H30O4SV. The molecular weight excluding hydrogens is 363 g/mol. The Bertz CT molecular complexity index is 514. The Morgan fingerprint density at radius 2 is 1.21 bits per heavy atom. The van der Waals surface area contributed by atoms with Gasteiger partial charge in [0.05, 0.1) is 4.90 Å². The zero-order valence-corrected chi connectivity index (χ0v) is 16.8. The van der Waals surface area contributed by atoms with E-state index < -0.39 is 10.1 Å². The van der Waals surface area contributed by atoms with Crippen molar-refractivity contribution in [1.82, 2.24) is 0 Å². The molecule has 24 heavy (non-hydrogen) atoms. The zero-order chi connectivity index (χ0) is 18.3. The molecule has 0 fully saturated rings. The van der Waals surface area contributed by atoms with Gasteiger partial charge in [-0.15, -0.1) is 0 Å². The average Bonchev–Trinajstić information content (AvgIpc) is 2.58. The van der Waals surface area contributed by atoms with Crippen molar-refractivity contribution in [1.29, 1.82) is 0 Å². The fraction of sp³-hybridized carbons (Fsp3) is 0.667. The molecule has 1 aromatic carbocycles. The Hall–Kier alpha value is -0.486. The molecule has 6 heteroatoms. The van der Waals surface area contributed by atoms with Gasteiger partial charge in [-0.25, -0.2) is 0 Å². The summed E-state index contributed by atoms with van der Waals surface area (Å²) >= 11 is 1.06. The first-order valence-electron chi connectivity index (χ1n) is 8.78. The molecule has 0 saturated carbocycles. The zero-order valence-electron chi connectivity index (χ0n) is 14.6. The van der Waals surface area contributed by atoms with Gasteiger partial charge in [-0.2, -0.15) is 8.42 Å². The van der Waals surface area contributed by atoms with E-state index in [1.807, 2.05) is 0 Å². The van der Waals surface area contributed by atoms with Gasteiger partial charge in [-0.05, 0) is 30.5 Å². The molecule has 0 atom stereocenters. The molecule has 1 rings (SSSR count). The van der Waals surface area contributed by atoms with Gasteiger partial charge in [0.2, 0.25) is 0 Å². The van der Waals surface area contributed by atoms with Crippen molar-refractivity contribution >= 4 is 10.1 Å². The van der Waals surface area contributed by atoms with Crippen molar-refractivity contribution in [3.63, 3.8) is 0 Å². The van der Waals surface area contributed by atoms with Gasteiger partial charge in [0, 0.05) is 0 Å². The molecule has 0 aromatic heterocycles. The van der Waals surface area contributed by atoms with Crippen LogP contribution in [0.4, 0.5) is 0 Å². The molecule has 0 radical (unpaired) electrons. The van der Waals surface area contributed by atoms with E-state index in [1.165, 1.54) is 69.9 Å². The second-order valence-corrected chi connectivity index (χ2v) is 7.47. The number of hydrogen-bond donors (Lipinski definition) is 1. The van der Waals surface area contributed by atoms with E-state index in [0.717, 1.165) is 35.8 Å². The second kappa shape index (κ2) is 14.8. The van der Waals surface area contributed by atoms with Crippen LogP contribution in [0.5, 0.6) is 0 Å². The normalized spacial score (nSPS) is 10.9. The third-order valence-corrected chi connectivity index (χ3v) is 4.91. The van der Waals surface area contributed by atoms with E-state index in [2.05, 4.69) is 6.92 Å². The summed E-state index contributed by atoms with van der Waals surface area (Å²) < 4.78 is 39.0. The Kier molecular flexibility index (Phi) is 14.5. The number of hydrogen-bond acceptors (Lipinski definition) is 3. The first-order chi connectivity index (χ1) is 11.5. The number of unbranched alkanes of at least 4 members (excludes halogenated alkanes) is 9. The molecule has 0 aliphatic rings. The predicted molar refractivity (Wildman–Crippen MR) is 92.5 cm³/mol. The molecule has 0 bridgehead atoms. The first-order valence-corrected chi connectivity index (χ1v) is 10.8. The van der Waals surface area contributed by atoms with Gasteiger partial charge in [0.1, 0.15) is 0 Å². The third kappa shape index (κ3) is 12.0. The van der Waals surface area contributed by atoms with E-state index in [4.69, 9.17) is 8.23 Å². The van der Waals surface area contributed by atoms with Crippen LogP contribution < -0.4 is 0 Å². The van der Waals surface area contributed by atoms with Crippen LogP contribution >= 0.6 is 0 Å². The minimum absolute atomic E-state index is 0.0284. The van der Waals surface area contributed by atoms with E-state index in [9.17, 15) is 8.42 Å². The quantitative estimate of drug-likeness (QED) is 0.388. The van der Waals surface area contributed by atoms with Crippen molar-refractivity contribution in [2.45, 2.75) is 82.4 Å². The molecule has 0 saturated heterocycles. The van der Waals surface area contributed by atoms with Crippen LogP contribution in [-0.4, -0.2) is 13.0 Å². The van der Waals surface area contributed by atoms with E-state index >= 15 is 0 Å². The van der Waals surface area contributed by atoms with Crippen molar-refractivity contribution in [3.8, 4) is 0 Å². The maximum absolute atomic E-state index is 10.9. The molecule has 0 amide bonds. The fourth-order valence-corrected chi connectivity index (χ4v) is 3.12. The molecule has 0 aliphatic carbocycles. The van der Waals surface area contributed by atoms with Crippen LogP contribution in [-0.2, 0) is 37.6 Å². The SMILES string of the molecule is CCCCCCCCCCCCc1ccc(S(=O)(=O)O)cc1.[O]=[V]. The van der Waals surface area contributed by atoms with Crippen molar-refractivity contribution in [3.05, 3.63) is 29.8 Å². The number of aryl methyl sites for hydroxylation is 1. The summed E-state index contributed by atoms with van der Waals surface area (Å²) in [6, 6.07) is 6.52. The van der Waals surface area contributed by atoms with Gasteiger partial charge >= 0.3 is 21.0 Å². The summed E-state index contributed by atoms with van der Waals surface area (Å²) in [5, 5.41) is 0. The van der Waals surface area contributed by atoms with Crippen LogP contribution in [0.15, 0.2) is 29.2 Å². The van der Waals surface area contributed by atoms with Crippen LogP contribution in [0, 0.1) is 0 Å². The van der Waals surface area contributed by atoms with Crippen molar-refractivity contribution in [2.24, 2.45) is 0 Å². The molecule has 1 N–H and O–H groups in total. The van der Waals surface area contributed by atoms with Gasteiger partial charge in [-0.3, -0.25) is 4.55 Å². The van der Waals surface area contributed by atoms with E-state index in [-0.39, 0.29) is 4.90 Å². The Labute approximate surface area is 156 Å². The number of benzene rings is 1. The van der Waals surface area contributed by atoms with E-state index in [1.54, 1.807) is 12.1 Å². The Balaban J connectivity index is 0.00000254. The topological polar surface area (TPSA) is 71.4 Å². The van der Waals surface area contributed by atoms with Gasteiger partial charge in [0.15, 0.2) is 0 Å². The summed E-state index contributed by atoms with van der Waals surface area (Å²) in [4.78, 5) is -0.0284. The molecule has 0 spiro atoms. The van der Waals surface area contributed by atoms with E-state index in [0.29, 0.717) is 0 Å². The number of rotatable bonds is 12. The van der Waals surface area contributed by atoms with Crippen LogP contribution in [0.1, 0.15) is 76.7 Å². The minimum atomic E-state index is -4.06. The van der Waals surface area contributed by atoms with Crippen molar-refractivity contribution in [2.75, 3.05) is 0 Å². The standard InChI is InChI=1S/C18H30O3S.O.V/c1-2-3-4-5-6-7-8-9-10-11-12-17-13-15-18(16-14-17)22(19,20)21;;/h13-16H,2-12H2,1H3,(H,19,20,21);;. The summed E-state index contributed by atoms with van der Waals surface area (Å²) in [5.74, 6) is 0.